The number of aromatic carboxylic acids is 1. The van der Waals surface area contributed by atoms with Gasteiger partial charge in [-0.1, -0.05) is 23.3 Å². The van der Waals surface area contributed by atoms with Gasteiger partial charge < -0.3 is 10.4 Å². The molecule has 2 N–H and O–H groups in total. The third kappa shape index (κ3) is 3.48. The minimum absolute atomic E-state index is 0.188. The summed E-state index contributed by atoms with van der Waals surface area (Å²) in [6.45, 7) is 5.58. The van der Waals surface area contributed by atoms with Gasteiger partial charge in [-0.25, -0.2) is 4.79 Å². The lowest BCUT2D eigenvalue weighted by Crippen LogP contribution is -2.13. The second-order valence-electron chi connectivity index (χ2n) is 5.17. The van der Waals surface area contributed by atoms with Crippen LogP contribution in [0.1, 0.15) is 37.4 Å². The molecule has 0 heterocycles. The molecule has 2 rings (SSSR count). The molecule has 4 heteroatoms. The Morgan fingerprint density at radius 3 is 2.14 bits per heavy atom. The smallest absolute Gasteiger partial charge is 0.336 e. The molecule has 0 aliphatic carbocycles. The first-order valence-corrected chi connectivity index (χ1v) is 6.60. The van der Waals surface area contributed by atoms with Crippen molar-refractivity contribution in [3.63, 3.8) is 0 Å². The van der Waals surface area contributed by atoms with Gasteiger partial charge in [0.15, 0.2) is 0 Å². The highest BCUT2D eigenvalue weighted by atomic mass is 16.4. The maximum Gasteiger partial charge on any atom is 0.336 e. The van der Waals surface area contributed by atoms with Crippen molar-refractivity contribution in [2.45, 2.75) is 20.8 Å². The summed E-state index contributed by atoms with van der Waals surface area (Å²) in [5.74, 6) is -1.25. The number of rotatable bonds is 3. The Bertz CT molecular complexity index is 700. The van der Waals surface area contributed by atoms with Crippen LogP contribution in [0.2, 0.25) is 0 Å². The molecule has 0 saturated carbocycles. The summed E-state index contributed by atoms with van der Waals surface area (Å²) in [4.78, 5) is 23.3. The van der Waals surface area contributed by atoms with Crippen LogP contribution in [0.3, 0.4) is 0 Å². The molecule has 0 aliphatic rings. The molecule has 2 aromatic carbocycles. The van der Waals surface area contributed by atoms with Crippen molar-refractivity contribution in [1.82, 2.24) is 0 Å². The van der Waals surface area contributed by atoms with Crippen LogP contribution in [0.15, 0.2) is 36.4 Å². The second kappa shape index (κ2) is 5.79. The Labute approximate surface area is 123 Å². The second-order valence-corrected chi connectivity index (χ2v) is 5.17. The van der Waals surface area contributed by atoms with Crippen molar-refractivity contribution in [3.05, 3.63) is 64.2 Å². The summed E-state index contributed by atoms with van der Waals surface area (Å²) >= 11 is 0. The molecule has 0 saturated heterocycles. The lowest BCUT2D eigenvalue weighted by Gasteiger charge is -2.09. The minimum atomic E-state index is -1.00. The van der Waals surface area contributed by atoms with Gasteiger partial charge in [-0.15, -0.1) is 0 Å². The fraction of sp³-hybridized carbons (Fsp3) is 0.176. The van der Waals surface area contributed by atoms with Crippen molar-refractivity contribution >= 4 is 17.6 Å². The van der Waals surface area contributed by atoms with Crippen molar-refractivity contribution in [2.75, 3.05) is 5.32 Å². The first-order chi connectivity index (χ1) is 9.86. The van der Waals surface area contributed by atoms with Gasteiger partial charge in [0.2, 0.25) is 0 Å². The van der Waals surface area contributed by atoms with Crippen molar-refractivity contribution in [3.8, 4) is 0 Å². The van der Waals surface area contributed by atoms with Gasteiger partial charge in [0.1, 0.15) is 0 Å². The highest BCUT2D eigenvalue weighted by Gasteiger charge is 2.11. The molecule has 0 radical (unpaired) electrons. The molecule has 108 valence electrons. The average Bonchev–Trinajstić information content (AvgIpc) is 2.39. The third-order valence-electron chi connectivity index (χ3n) is 3.21. The van der Waals surface area contributed by atoms with Crippen LogP contribution in [0.5, 0.6) is 0 Å². The van der Waals surface area contributed by atoms with E-state index in [0.717, 1.165) is 11.1 Å². The topological polar surface area (TPSA) is 66.4 Å². The summed E-state index contributed by atoms with van der Waals surface area (Å²) in [6, 6.07) is 10.4. The van der Waals surface area contributed by atoms with Crippen LogP contribution in [-0.2, 0) is 0 Å². The van der Waals surface area contributed by atoms with Crippen LogP contribution in [0, 0.1) is 20.8 Å². The van der Waals surface area contributed by atoms with Gasteiger partial charge in [0, 0.05) is 11.3 Å². The number of hydrogen-bond donors (Lipinski definition) is 2. The first-order valence-electron chi connectivity index (χ1n) is 6.60. The number of anilines is 1. The quantitative estimate of drug-likeness (QED) is 0.905. The number of carbonyl (C=O) groups excluding carboxylic acids is 1. The number of hydrogen-bond acceptors (Lipinski definition) is 2. The van der Waals surface area contributed by atoms with Gasteiger partial charge in [-0.05, 0) is 50.6 Å². The standard InChI is InChI=1S/C17H17NO3/c1-10-6-11(2)8-13(7-10)16(19)18-14-5-4-12(3)15(9-14)17(20)21/h4-9H,1-3H3,(H,18,19)(H,20,21). The SMILES string of the molecule is Cc1cc(C)cc(C(=O)Nc2ccc(C)c(C(=O)O)c2)c1. The molecule has 0 spiro atoms. The van der Waals surface area contributed by atoms with Crippen LogP contribution in [0.25, 0.3) is 0 Å². The summed E-state index contributed by atoms with van der Waals surface area (Å²) in [5.41, 5.74) is 3.90. The van der Waals surface area contributed by atoms with E-state index in [-0.39, 0.29) is 11.5 Å². The van der Waals surface area contributed by atoms with Crippen LogP contribution >= 0.6 is 0 Å². The molecular formula is C17H17NO3. The van der Waals surface area contributed by atoms with Gasteiger partial charge in [0.05, 0.1) is 5.56 Å². The zero-order chi connectivity index (χ0) is 15.6. The zero-order valence-electron chi connectivity index (χ0n) is 12.2. The number of amides is 1. The number of aryl methyl sites for hydroxylation is 3. The van der Waals surface area contributed by atoms with Crippen molar-refractivity contribution < 1.29 is 14.7 Å². The van der Waals surface area contributed by atoms with E-state index in [4.69, 9.17) is 5.11 Å². The van der Waals surface area contributed by atoms with E-state index >= 15 is 0 Å². The van der Waals surface area contributed by atoms with Crippen molar-refractivity contribution in [2.24, 2.45) is 0 Å². The molecule has 0 aliphatic heterocycles. The molecule has 0 fully saturated rings. The molecule has 0 bridgehead atoms. The van der Waals surface area contributed by atoms with Gasteiger partial charge in [-0.3, -0.25) is 4.79 Å². The normalized spacial score (nSPS) is 10.2. The zero-order valence-corrected chi connectivity index (χ0v) is 12.2. The number of benzene rings is 2. The molecule has 21 heavy (non-hydrogen) atoms. The average molecular weight is 283 g/mol. The lowest BCUT2D eigenvalue weighted by molar-refractivity contribution is 0.0695. The van der Waals surface area contributed by atoms with E-state index < -0.39 is 5.97 Å². The molecule has 4 nitrogen and oxygen atoms in total. The monoisotopic (exact) mass is 283 g/mol. The molecule has 1 amide bonds. The fourth-order valence-corrected chi connectivity index (χ4v) is 2.24. The van der Waals surface area contributed by atoms with E-state index in [9.17, 15) is 9.59 Å². The van der Waals surface area contributed by atoms with E-state index in [0.29, 0.717) is 16.8 Å². The van der Waals surface area contributed by atoms with Gasteiger partial charge in [-0.2, -0.15) is 0 Å². The van der Waals surface area contributed by atoms with Gasteiger partial charge >= 0.3 is 5.97 Å². The minimum Gasteiger partial charge on any atom is -0.478 e. The van der Waals surface area contributed by atoms with Crippen LogP contribution in [0.4, 0.5) is 5.69 Å². The Morgan fingerprint density at radius 1 is 0.952 bits per heavy atom. The highest BCUT2D eigenvalue weighted by Crippen LogP contribution is 2.17. The Balaban J connectivity index is 2.27. The summed E-state index contributed by atoms with van der Waals surface area (Å²) < 4.78 is 0. The molecular weight excluding hydrogens is 266 g/mol. The van der Waals surface area contributed by atoms with Crippen LogP contribution in [-0.4, -0.2) is 17.0 Å². The van der Waals surface area contributed by atoms with E-state index in [1.807, 2.05) is 19.9 Å². The molecule has 0 atom stereocenters. The molecule has 2 aromatic rings. The summed E-state index contributed by atoms with van der Waals surface area (Å²) in [6.07, 6.45) is 0. The fourth-order valence-electron chi connectivity index (χ4n) is 2.24. The predicted octanol–water partition coefficient (Wildman–Crippen LogP) is 3.56. The van der Waals surface area contributed by atoms with E-state index in [2.05, 4.69) is 5.32 Å². The maximum absolute atomic E-state index is 12.2. The highest BCUT2D eigenvalue weighted by molar-refractivity contribution is 6.05. The Kier molecular flexibility index (Phi) is 4.08. The number of nitrogens with one attached hydrogen (secondary N) is 1. The van der Waals surface area contributed by atoms with E-state index in [1.54, 1.807) is 31.2 Å². The predicted molar refractivity (Wildman–Crippen MR) is 82.0 cm³/mol. The largest absolute Gasteiger partial charge is 0.478 e. The number of carbonyl (C=O) groups is 2. The van der Waals surface area contributed by atoms with E-state index in [1.165, 1.54) is 6.07 Å². The molecule has 0 aromatic heterocycles. The van der Waals surface area contributed by atoms with Crippen molar-refractivity contribution in [1.29, 1.82) is 0 Å². The Hall–Kier alpha value is -2.62. The molecule has 0 unspecified atom stereocenters. The first kappa shape index (κ1) is 14.8. The number of carboxylic acid groups (broad SMARTS) is 1. The summed E-state index contributed by atoms with van der Waals surface area (Å²) in [5, 5.41) is 11.8. The number of carboxylic acids is 1. The lowest BCUT2D eigenvalue weighted by atomic mass is 10.1. The maximum atomic E-state index is 12.2. The van der Waals surface area contributed by atoms with Crippen LogP contribution < -0.4 is 5.32 Å². The van der Waals surface area contributed by atoms with Gasteiger partial charge in [0.25, 0.3) is 5.91 Å². The third-order valence-corrected chi connectivity index (χ3v) is 3.21. The summed E-state index contributed by atoms with van der Waals surface area (Å²) in [7, 11) is 0. The Morgan fingerprint density at radius 2 is 1.57 bits per heavy atom.